The number of fused-ring (bicyclic) bond motifs is 1. The van der Waals surface area contributed by atoms with Crippen LogP contribution in [0.15, 0.2) is 6.07 Å². The maximum absolute atomic E-state index is 12.6. The highest BCUT2D eigenvalue weighted by Crippen LogP contribution is 2.15. The summed E-state index contributed by atoms with van der Waals surface area (Å²) in [4.78, 5) is 28.1. The van der Waals surface area contributed by atoms with E-state index in [1.54, 1.807) is 11.8 Å². The Balaban J connectivity index is 1.68. The van der Waals surface area contributed by atoms with Crippen molar-refractivity contribution in [1.82, 2.24) is 19.6 Å². The second kappa shape index (κ2) is 7.76. The predicted octanol–water partition coefficient (Wildman–Crippen LogP) is 0.124. The molecule has 1 aromatic heterocycles. The van der Waals surface area contributed by atoms with Gasteiger partial charge in [0.25, 0.3) is 5.91 Å². The van der Waals surface area contributed by atoms with Gasteiger partial charge in [0, 0.05) is 32.7 Å². The van der Waals surface area contributed by atoms with Gasteiger partial charge in [0.05, 0.1) is 32.1 Å². The fourth-order valence-electron chi connectivity index (χ4n) is 3.09. The quantitative estimate of drug-likeness (QED) is 0.727. The van der Waals surface area contributed by atoms with Crippen molar-refractivity contribution in [2.24, 2.45) is 0 Å². The third-order valence-corrected chi connectivity index (χ3v) is 4.27. The van der Waals surface area contributed by atoms with Crippen LogP contribution in [0.3, 0.4) is 0 Å². The van der Waals surface area contributed by atoms with Gasteiger partial charge in [0.15, 0.2) is 5.69 Å². The molecule has 0 N–H and O–H groups in total. The van der Waals surface area contributed by atoms with E-state index in [2.05, 4.69) is 5.10 Å². The van der Waals surface area contributed by atoms with Crippen molar-refractivity contribution in [1.29, 1.82) is 0 Å². The molecule has 0 bridgehead atoms. The molecule has 1 saturated heterocycles. The van der Waals surface area contributed by atoms with Crippen molar-refractivity contribution in [2.75, 3.05) is 46.0 Å². The van der Waals surface area contributed by atoms with E-state index in [1.807, 2.05) is 15.6 Å². The molecule has 0 spiro atoms. The molecule has 8 nitrogen and oxygen atoms in total. The van der Waals surface area contributed by atoms with Crippen molar-refractivity contribution >= 4 is 11.9 Å². The van der Waals surface area contributed by atoms with Crippen molar-refractivity contribution in [3.05, 3.63) is 17.5 Å². The molecular formula is C16H24N4O4. The molecule has 2 aliphatic rings. The van der Waals surface area contributed by atoms with E-state index in [9.17, 15) is 9.59 Å². The average Bonchev–Trinajstić information content (AvgIpc) is 2.89. The van der Waals surface area contributed by atoms with Crippen LogP contribution in [-0.4, -0.2) is 77.5 Å². The van der Waals surface area contributed by atoms with E-state index in [4.69, 9.17) is 9.47 Å². The molecule has 0 unspecified atom stereocenters. The van der Waals surface area contributed by atoms with E-state index in [0.29, 0.717) is 45.1 Å². The highest BCUT2D eigenvalue weighted by molar-refractivity contribution is 5.92. The summed E-state index contributed by atoms with van der Waals surface area (Å²) in [6.45, 7) is 7.00. The standard InChI is InChI=1S/C16H24N4O4/c1-2-24-15(21)12-18-4-3-5-20-13(11-18)10-14(17-20)16(22)19-6-8-23-9-7-19/h10H,2-9,11-12H2,1H3. The Labute approximate surface area is 141 Å². The third kappa shape index (κ3) is 3.93. The molecular weight excluding hydrogens is 312 g/mol. The number of esters is 1. The smallest absolute Gasteiger partial charge is 0.320 e. The summed E-state index contributed by atoms with van der Waals surface area (Å²) in [5.41, 5.74) is 1.44. The van der Waals surface area contributed by atoms with Crippen LogP contribution in [0.2, 0.25) is 0 Å². The molecule has 0 aromatic carbocycles. The Kier molecular flexibility index (Phi) is 5.47. The zero-order valence-corrected chi connectivity index (χ0v) is 14.1. The zero-order chi connectivity index (χ0) is 16.9. The van der Waals surface area contributed by atoms with Gasteiger partial charge < -0.3 is 14.4 Å². The number of hydrogen-bond acceptors (Lipinski definition) is 6. The van der Waals surface area contributed by atoms with Crippen LogP contribution in [0, 0.1) is 0 Å². The summed E-state index contributed by atoms with van der Waals surface area (Å²) >= 11 is 0. The number of nitrogens with zero attached hydrogens (tertiary/aromatic N) is 4. The van der Waals surface area contributed by atoms with E-state index in [0.717, 1.165) is 25.2 Å². The lowest BCUT2D eigenvalue weighted by atomic mass is 10.3. The van der Waals surface area contributed by atoms with E-state index in [1.165, 1.54) is 0 Å². The van der Waals surface area contributed by atoms with Crippen LogP contribution < -0.4 is 0 Å². The lowest BCUT2D eigenvalue weighted by molar-refractivity contribution is -0.144. The Bertz CT molecular complexity index is 595. The number of hydrogen-bond donors (Lipinski definition) is 0. The van der Waals surface area contributed by atoms with Crippen LogP contribution in [0.25, 0.3) is 0 Å². The summed E-state index contributed by atoms with van der Waals surface area (Å²) in [6, 6.07) is 1.85. The van der Waals surface area contributed by atoms with Crippen LogP contribution >= 0.6 is 0 Å². The van der Waals surface area contributed by atoms with Crippen LogP contribution in [0.1, 0.15) is 29.5 Å². The summed E-state index contributed by atoms with van der Waals surface area (Å²) in [5, 5.41) is 4.48. The van der Waals surface area contributed by atoms with Gasteiger partial charge >= 0.3 is 5.97 Å². The number of ether oxygens (including phenoxy) is 2. The van der Waals surface area contributed by atoms with Gasteiger partial charge in [-0.3, -0.25) is 19.2 Å². The molecule has 8 heteroatoms. The first-order valence-electron chi connectivity index (χ1n) is 8.49. The van der Waals surface area contributed by atoms with Gasteiger partial charge in [-0.2, -0.15) is 5.10 Å². The van der Waals surface area contributed by atoms with Crippen LogP contribution in [0.5, 0.6) is 0 Å². The molecule has 24 heavy (non-hydrogen) atoms. The first-order chi connectivity index (χ1) is 11.7. The van der Waals surface area contributed by atoms with Crippen molar-refractivity contribution in [2.45, 2.75) is 26.4 Å². The highest BCUT2D eigenvalue weighted by atomic mass is 16.5. The Morgan fingerprint density at radius 2 is 2.04 bits per heavy atom. The van der Waals surface area contributed by atoms with Gasteiger partial charge in [0.1, 0.15) is 0 Å². The zero-order valence-electron chi connectivity index (χ0n) is 14.1. The van der Waals surface area contributed by atoms with Crippen LogP contribution in [0.4, 0.5) is 0 Å². The molecule has 1 amide bonds. The Morgan fingerprint density at radius 1 is 1.25 bits per heavy atom. The van der Waals surface area contributed by atoms with Crippen LogP contribution in [-0.2, 0) is 27.4 Å². The molecule has 132 valence electrons. The number of amides is 1. The fourth-order valence-corrected chi connectivity index (χ4v) is 3.09. The fraction of sp³-hybridized carbons (Fsp3) is 0.688. The number of aryl methyl sites for hydroxylation is 1. The lowest BCUT2D eigenvalue weighted by Crippen LogP contribution is -2.40. The number of aromatic nitrogens is 2. The van der Waals surface area contributed by atoms with E-state index >= 15 is 0 Å². The molecule has 3 rings (SSSR count). The first kappa shape index (κ1) is 16.9. The summed E-state index contributed by atoms with van der Waals surface area (Å²) in [5.74, 6) is -0.258. The maximum Gasteiger partial charge on any atom is 0.320 e. The molecule has 1 fully saturated rings. The minimum Gasteiger partial charge on any atom is -0.465 e. The molecule has 2 aliphatic heterocycles. The first-order valence-corrected chi connectivity index (χ1v) is 8.49. The summed E-state index contributed by atoms with van der Waals surface area (Å²) < 4.78 is 12.2. The van der Waals surface area contributed by atoms with Gasteiger partial charge in [-0.15, -0.1) is 0 Å². The number of carbonyl (C=O) groups is 2. The average molecular weight is 336 g/mol. The van der Waals surface area contributed by atoms with Gasteiger partial charge in [-0.25, -0.2) is 0 Å². The lowest BCUT2D eigenvalue weighted by Gasteiger charge is -2.26. The molecule has 0 saturated carbocycles. The van der Waals surface area contributed by atoms with E-state index in [-0.39, 0.29) is 18.4 Å². The van der Waals surface area contributed by atoms with Gasteiger partial charge in [-0.1, -0.05) is 0 Å². The maximum atomic E-state index is 12.6. The second-order valence-corrected chi connectivity index (χ2v) is 6.02. The summed E-state index contributed by atoms with van der Waals surface area (Å²) in [6.07, 6.45) is 0.888. The van der Waals surface area contributed by atoms with Crippen molar-refractivity contribution < 1.29 is 19.1 Å². The number of rotatable bonds is 4. The van der Waals surface area contributed by atoms with Crippen molar-refractivity contribution in [3.63, 3.8) is 0 Å². The molecule has 3 heterocycles. The molecule has 1 aromatic rings. The SMILES string of the molecule is CCOC(=O)CN1CCCn2nc(C(=O)N3CCOCC3)cc2C1. The van der Waals surface area contributed by atoms with Gasteiger partial charge in [-0.05, 0) is 19.4 Å². The Hall–Kier alpha value is -1.93. The predicted molar refractivity (Wildman–Crippen MR) is 85.5 cm³/mol. The minimum atomic E-state index is -0.213. The normalized spacial score (nSPS) is 18.8. The molecule has 0 radical (unpaired) electrons. The number of carbonyl (C=O) groups excluding carboxylic acids is 2. The molecule has 0 aliphatic carbocycles. The topological polar surface area (TPSA) is 76.9 Å². The largest absolute Gasteiger partial charge is 0.465 e. The third-order valence-electron chi connectivity index (χ3n) is 4.27. The van der Waals surface area contributed by atoms with Gasteiger partial charge in [0.2, 0.25) is 0 Å². The Morgan fingerprint density at radius 3 is 2.79 bits per heavy atom. The summed E-state index contributed by atoms with van der Waals surface area (Å²) in [7, 11) is 0. The second-order valence-electron chi connectivity index (χ2n) is 6.02. The highest BCUT2D eigenvalue weighted by Gasteiger charge is 2.24. The molecule has 0 atom stereocenters. The minimum absolute atomic E-state index is 0.0455. The number of morpholine rings is 1. The van der Waals surface area contributed by atoms with E-state index < -0.39 is 0 Å². The monoisotopic (exact) mass is 336 g/mol. The van der Waals surface area contributed by atoms with Crippen molar-refractivity contribution in [3.8, 4) is 0 Å².